The summed E-state index contributed by atoms with van der Waals surface area (Å²) >= 11 is 0. The van der Waals surface area contributed by atoms with Gasteiger partial charge < -0.3 is 5.73 Å². The zero-order chi connectivity index (χ0) is 15.6. The molecule has 0 aliphatic rings. The van der Waals surface area contributed by atoms with E-state index < -0.39 is 0 Å². The molecule has 2 aromatic rings. The number of fused-ring (bicyclic) bond motifs is 1. The van der Waals surface area contributed by atoms with Gasteiger partial charge in [-0.15, -0.1) is 0 Å². The number of aromatic nitrogens is 3. The van der Waals surface area contributed by atoms with Crippen LogP contribution in [-0.2, 0) is 0 Å². The van der Waals surface area contributed by atoms with Crippen LogP contribution in [0.4, 0.5) is 0 Å². The number of Topliss-reactive ketones (excluding diaryl/α,β-unsaturated/α-hetero) is 1. The van der Waals surface area contributed by atoms with E-state index in [1.165, 1.54) is 0 Å². The van der Waals surface area contributed by atoms with Crippen molar-refractivity contribution < 1.29 is 4.79 Å². The van der Waals surface area contributed by atoms with Gasteiger partial charge in [0.05, 0.1) is 6.20 Å². The first-order valence-corrected chi connectivity index (χ1v) is 7.57. The largest absolute Gasteiger partial charge is 0.330 e. The second-order valence-electron chi connectivity index (χ2n) is 5.98. The highest BCUT2D eigenvalue weighted by molar-refractivity contribution is 6.06. The summed E-state index contributed by atoms with van der Waals surface area (Å²) in [4.78, 5) is 17.2. The van der Waals surface area contributed by atoms with Gasteiger partial charge in [0, 0.05) is 29.1 Å². The number of carbonyl (C=O) groups excluding carboxylic acids is 1. The van der Waals surface area contributed by atoms with Crippen LogP contribution in [0.25, 0.3) is 11.0 Å². The summed E-state index contributed by atoms with van der Waals surface area (Å²) in [6, 6.07) is 2.13. The normalized spacial score (nSPS) is 11.8. The van der Waals surface area contributed by atoms with Crippen LogP contribution in [0.1, 0.15) is 68.5 Å². The Morgan fingerprint density at radius 2 is 2.05 bits per heavy atom. The van der Waals surface area contributed by atoms with Crippen LogP contribution < -0.4 is 5.73 Å². The Labute approximate surface area is 125 Å². The molecule has 0 bridgehead atoms. The Bertz CT molecular complexity index is 643. The lowest BCUT2D eigenvalue weighted by atomic mass is 10.0. The zero-order valence-corrected chi connectivity index (χ0v) is 13.3. The van der Waals surface area contributed by atoms with E-state index in [1.807, 2.05) is 10.7 Å². The summed E-state index contributed by atoms with van der Waals surface area (Å²) in [5, 5.41) is 5.24. The predicted octanol–water partition coefficient (Wildman–Crippen LogP) is 3.06. The highest BCUT2D eigenvalue weighted by atomic mass is 16.1. The van der Waals surface area contributed by atoms with Gasteiger partial charge in [-0.2, -0.15) is 5.10 Å². The Morgan fingerprint density at radius 1 is 1.33 bits per heavy atom. The zero-order valence-electron chi connectivity index (χ0n) is 13.3. The number of nitrogens with zero attached hydrogens (tertiary/aromatic N) is 3. The first-order chi connectivity index (χ1) is 9.95. The van der Waals surface area contributed by atoms with Crippen LogP contribution in [0, 0.1) is 0 Å². The van der Waals surface area contributed by atoms with E-state index in [9.17, 15) is 4.79 Å². The summed E-state index contributed by atoms with van der Waals surface area (Å²) in [6.07, 6.45) is 2.93. The lowest BCUT2D eigenvalue weighted by Gasteiger charge is -2.11. The average molecular weight is 288 g/mol. The number of hydrogen-bond donors (Lipinski definition) is 1. The Kier molecular flexibility index (Phi) is 4.73. The minimum absolute atomic E-state index is 0.123. The molecule has 21 heavy (non-hydrogen) atoms. The number of rotatable bonds is 6. The van der Waals surface area contributed by atoms with E-state index in [4.69, 9.17) is 10.7 Å². The minimum Gasteiger partial charge on any atom is -0.330 e. The SMILES string of the molecule is CC(C)c1cc(C(=O)CCCN)c2cnn(C(C)C)c2n1. The lowest BCUT2D eigenvalue weighted by molar-refractivity contribution is 0.0982. The van der Waals surface area contributed by atoms with Gasteiger partial charge in [-0.05, 0) is 38.8 Å². The van der Waals surface area contributed by atoms with Gasteiger partial charge in [-0.1, -0.05) is 13.8 Å². The van der Waals surface area contributed by atoms with Crippen molar-refractivity contribution in [2.75, 3.05) is 6.54 Å². The van der Waals surface area contributed by atoms with Gasteiger partial charge in [0.15, 0.2) is 11.4 Å². The predicted molar refractivity (Wildman–Crippen MR) is 84.6 cm³/mol. The molecule has 0 radical (unpaired) electrons. The molecule has 2 aromatic heterocycles. The molecule has 0 aromatic carbocycles. The fourth-order valence-corrected chi connectivity index (χ4v) is 2.34. The first kappa shape index (κ1) is 15.6. The van der Waals surface area contributed by atoms with Crippen LogP contribution in [0.5, 0.6) is 0 Å². The Morgan fingerprint density at radius 3 is 2.62 bits per heavy atom. The van der Waals surface area contributed by atoms with E-state index in [0.29, 0.717) is 19.4 Å². The molecule has 5 heteroatoms. The van der Waals surface area contributed by atoms with Crippen molar-refractivity contribution in [1.82, 2.24) is 14.8 Å². The molecule has 2 N–H and O–H groups in total. The highest BCUT2D eigenvalue weighted by Gasteiger charge is 2.18. The second-order valence-corrected chi connectivity index (χ2v) is 5.98. The van der Waals surface area contributed by atoms with Gasteiger partial charge in [-0.3, -0.25) is 4.79 Å². The molecule has 0 atom stereocenters. The molecule has 2 heterocycles. The fraction of sp³-hybridized carbons (Fsp3) is 0.562. The maximum absolute atomic E-state index is 12.5. The molecule has 5 nitrogen and oxygen atoms in total. The van der Waals surface area contributed by atoms with Gasteiger partial charge in [0.1, 0.15) is 0 Å². The number of hydrogen-bond acceptors (Lipinski definition) is 4. The van der Waals surface area contributed by atoms with Crippen molar-refractivity contribution in [1.29, 1.82) is 0 Å². The Hall–Kier alpha value is -1.75. The van der Waals surface area contributed by atoms with Gasteiger partial charge in [0.25, 0.3) is 0 Å². The van der Waals surface area contributed by atoms with Crippen LogP contribution in [-0.4, -0.2) is 27.1 Å². The average Bonchev–Trinajstić information content (AvgIpc) is 2.87. The second kappa shape index (κ2) is 6.35. The molecule has 0 fully saturated rings. The van der Waals surface area contributed by atoms with Crippen LogP contribution in [0.3, 0.4) is 0 Å². The quantitative estimate of drug-likeness (QED) is 0.829. The fourth-order valence-electron chi connectivity index (χ4n) is 2.34. The molecule has 114 valence electrons. The summed E-state index contributed by atoms with van der Waals surface area (Å²) in [6.45, 7) is 8.82. The van der Waals surface area contributed by atoms with E-state index >= 15 is 0 Å². The highest BCUT2D eigenvalue weighted by Crippen LogP contribution is 2.25. The summed E-state index contributed by atoms with van der Waals surface area (Å²) < 4.78 is 1.88. The lowest BCUT2D eigenvalue weighted by Crippen LogP contribution is -2.09. The smallest absolute Gasteiger partial charge is 0.163 e. The van der Waals surface area contributed by atoms with E-state index in [1.54, 1.807) is 6.20 Å². The summed E-state index contributed by atoms with van der Waals surface area (Å²) in [5.41, 5.74) is 7.96. The maximum Gasteiger partial charge on any atom is 0.163 e. The number of carbonyl (C=O) groups is 1. The molecule has 0 aliphatic heterocycles. The van der Waals surface area contributed by atoms with Crippen LogP contribution in [0.15, 0.2) is 12.3 Å². The van der Waals surface area contributed by atoms with E-state index in [-0.39, 0.29) is 17.7 Å². The molecule has 0 unspecified atom stereocenters. The molecule has 0 aliphatic carbocycles. The van der Waals surface area contributed by atoms with Crippen molar-refractivity contribution in [2.24, 2.45) is 5.73 Å². The summed E-state index contributed by atoms with van der Waals surface area (Å²) in [5.74, 6) is 0.393. The monoisotopic (exact) mass is 288 g/mol. The molecule has 0 amide bonds. The van der Waals surface area contributed by atoms with Crippen LogP contribution >= 0.6 is 0 Å². The third-order valence-corrected chi connectivity index (χ3v) is 3.58. The first-order valence-electron chi connectivity index (χ1n) is 7.57. The minimum atomic E-state index is 0.123. The third kappa shape index (κ3) is 3.13. The molecular formula is C16H24N4O. The van der Waals surface area contributed by atoms with Crippen molar-refractivity contribution in [3.63, 3.8) is 0 Å². The maximum atomic E-state index is 12.5. The standard InChI is InChI=1S/C16H24N4O/c1-10(2)14-8-12(15(21)6-5-7-17)13-9-18-20(11(3)4)16(13)19-14/h8-11H,5-7,17H2,1-4H3. The van der Waals surface area contributed by atoms with Gasteiger partial charge in [0.2, 0.25) is 0 Å². The molecule has 0 saturated carbocycles. The number of pyridine rings is 1. The van der Waals surface area contributed by atoms with Crippen LogP contribution in [0.2, 0.25) is 0 Å². The van der Waals surface area contributed by atoms with E-state index in [2.05, 4.69) is 32.8 Å². The van der Waals surface area contributed by atoms with Gasteiger partial charge >= 0.3 is 0 Å². The van der Waals surface area contributed by atoms with E-state index in [0.717, 1.165) is 22.3 Å². The number of nitrogens with two attached hydrogens (primary N) is 1. The van der Waals surface area contributed by atoms with Crippen molar-refractivity contribution in [2.45, 2.75) is 52.5 Å². The van der Waals surface area contributed by atoms with Crippen molar-refractivity contribution >= 4 is 16.8 Å². The topological polar surface area (TPSA) is 73.8 Å². The summed E-state index contributed by atoms with van der Waals surface area (Å²) in [7, 11) is 0. The molecule has 0 spiro atoms. The molecule has 0 saturated heterocycles. The third-order valence-electron chi connectivity index (χ3n) is 3.58. The van der Waals surface area contributed by atoms with Crippen molar-refractivity contribution in [3.8, 4) is 0 Å². The van der Waals surface area contributed by atoms with Crippen molar-refractivity contribution in [3.05, 3.63) is 23.5 Å². The Balaban J connectivity index is 2.59. The molecular weight excluding hydrogens is 264 g/mol. The molecule has 2 rings (SSSR count). The van der Waals surface area contributed by atoms with Gasteiger partial charge in [-0.25, -0.2) is 9.67 Å². The number of ketones is 1.